The van der Waals surface area contributed by atoms with Crippen LogP contribution in [0.25, 0.3) is 0 Å². The molecule has 0 atom stereocenters. The highest BCUT2D eigenvalue weighted by Gasteiger charge is 2.04. The van der Waals surface area contributed by atoms with E-state index in [0.29, 0.717) is 0 Å². The highest BCUT2D eigenvalue weighted by molar-refractivity contribution is 8.14. The summed E-state index contributed by atoms with van der Waals surface area (Å²) in [6.45, 7) is 0. The van der Waals surface area contributed by atoms with Gasteiger partial charge in [0.2, 0.25) is 5.96 Å². The van der Waals surface area contributed by atoms with E-state index in [9.17, 15) is 8.42 Å². The highest BCUT2D eigenvalue weighted by atomic mass is 32.2. The molecule has 6 N–H and O–H groups in total. The van der Waals surface area contributed by atoms with Crippen LogP contribution in [0.3, 0.4) is 0 Å². The van der Waals surface area contributed by atoms with Gasteiger partial charge in [0.15, 0.2) is 5.17 Å². The summed E-state index contributed by atoms with van der Waals surface area (Å²) in [4.78, 5) is 3.34. The van der Waals surface area contributed by atoms with E-state index >= 15 is 0 Å². The van der Waals surface area contributed by atoms with Crippen LogP contribution >= 0.6 is 11.8 Å². The molecule has 0 aromatic carbocycles. The Bertz CT molecular complexity index is 309. The van der Waals surface area contributed by atoms with Crippen LogP contribution in [0, 0.1) is 5.41 Å². The molecule has 0 radical (unpaired) electrons. The number of aliphatic imine (C=N–C) groups is 1. The Hall–Kier alpha value is -0.800. The average Bonchev–Trinajstić information content (AvgIpc) is 1.81. The lowest BCUT2D eigenvalue weighted by Crippen LogP contribution is -2.16. The van der Waals surface area contributed by atoms with E-state index in [4.69, 9.17) is 21.4 Å². The summed E-state index contributed by atoms with van der Waals surface area (Å²) in [6.07, 6.45) is 0. The minimum absolute atomic E-state index is 0.00356. The molecule has 0 amide bonds. The predicted octanol–water partition coefficient (Wildman–Crippen LogP) is -1.18. The second-order valence-corrected chi connectivity index (χ2v) is 4.66. The van der Waals surface area contributed by atoms with E-state index in [0.717, 1.165) is 11.8 Å². The molecule has 0 aromatic heterocycles. The quantitative estimate of drug-likeness (QED) is 0.271. The largest absolute Gasteiger partial charge is 0.378 e. The second kappa shape index (κ2) is 5.04. The fraction of sp³-hybridized carbons (Fsp3) is 0.500. The summed E-state index contributed by atoms with van der Waals surface area (Å²) in [6, 6.07) is 0. The van der Waals surface area contributed by atoms with Crippen molar-refractivity contribution in [1.29, 1.82) is 5.41 Å². The molecule has 0 aliphatic heterocycles. The molecule has 0 aliphatic rings. The van der Waals surface area contributed by atoms with E-state index in [2.05, 4.69) is 4.99 Å². The van der Waals surface area contributed by atoms with Crippen molar-refractivity contribution < 1.29 is 13.0 Å². The van der Waals surface area contributed by atoms with Gasteiger partial charge in [-0.05, 0) is 0 Å². The Morgan fingerprint density at radius 2 is 2.08 bits per heavy atom. The first-order valence-corrected chi connectivity index (χ1v) is 5.67. The zero-order valence-corrected chi connectivity index (χ0v) is 8.23. The molecule has 0 heterocycles. The van der Waals surface area contributed by atoms with E-state index in [-0.39, 0.29) is 10.9 Å². The molecule has 7 nitrogen and oxygen atoms in total. The van der Waals surface area contributed by atoms with Gasteiger partial charge in [0.1, 0.15) is 0 Å². The zero-order chi connectivity index (χ0) is 10.5. The molecule has 76 valence electrons. The maximum Gasteiger partial charge on any atom is 0.265 e. The topological polar surface area (TPSA) is 143 Å². The van der Waals surface area contributed by atoms with Crippen LogP contribution < -0.4 is 11.5 Å². The monoisotopic (exact) mass is 226 g/mol. The third kappa shape index (κ3) is 9.11. The van der Waals surface area contributed by atoms with Gasteiger partial charge in [-0.2, -0.15) is 13.4 Å². The zero-order valence-electron chi connectivity index (χ0n) is 6.60. The minimum atomic E-state index is -3.96. The maximum absolute atomic E-state index is 10.2. The molecule has 0 saturated heterocycles. The molecule has 0 saturated carbocycles. The van der Waals surface area contributed by atoms with Crippen LogP contribution in [-0.2, 0) is 10.1 Å². The molecule has 0 spiro atoms. The van der Waals surface area contributed by atoms with Gasteiger partial charge in [-0.3, -0.25) is 9.96 Å². The van der Waals surface area contributed by atoms with E-state index in [1.54, 1.807) is 0 Å². The van der Waals surface area contributed by atoms with Gasteiger partial charge in [0.05, 0.1) is 5.75 Å². The smallest absolute Gasteiger partial charge is 0.265 e. The van der Waals surface area contributed by atoms with Crippen LogP contribution in [0.1, 0.15) is 0 Å². The number of guanidine groups is 1. The van der Waals surface area contributed by atoms with Crippen LogP contribution in [0.5, 0.6) is 0 Å². The average molecular weight is 226 g/mol. The molecule has 0 fully saturated rings. The van der Waals surface area contributed by atoms with Crippen molar-refractivity contribution in [2.45, 2.75) is 0 Å². The number of hydrogen-bond donors (Lipinski definition) is 4. The first-order valence-electron chi connectivity index (χ1n) is 3.07. The second-order valence-electron chi connectivity index (χ2n) is 1.97. The SMILES string of the molecule is N=C(N)N=C(N)SCCS(=O)(=O)O. The van der Waals surface area contributed by atoms with Gasteiger partial charge in [0.25, 0.3) is 10.1 Å². The Morgan fingerprint density at radius 3 is 2.46 bits per heavy atom. The van der Waals surface area contributed by atoms with E-state index in [1.165, 1.54) is 0 Å². The van der Waals surface area contributed by atoms with E-state index < -0.39 is 21.8 Å². The third-order valence-electron chi connectivity index (χ3n) is 0.822. The summed E-state index contributed by atoms with van der Waals surface area (Å²) in [5.41, 5.74) is 10.1. The van der Waals surface area contributed by atoms with Gasteiger partial charge < -0.3 is 11.5 Å². The molecular formula is C4H10N4O3S2. The molecule has 0 aromatic rings. The van der Waals surface area contributed by atoms with Gasteiger partial charge >= 0.3 is 0 Å². The van der Waals surface area contributed by atoms with Gasteiger partial charge in [-0.25, -0.2) is 0 Å². The molecule has 0 unspecified atom stereocenters. The summed E-state index contributed by atoms with van der Waals surface area (Å²) >= 11 is 0.899. The van der Waals surface area contributed by atoms with E-state index in [1.807, 2.05) is 0 Å². The Morgan fingerprint density at radius 1 is 1.54 bits per heavy atom. The minimum Gasteiger partial charge on any atom is -0.378 e. The standard InChI is InChI=1S/C4H10N4O3S2/c5-3(6)8-4(7)12-1-2-13(9,10)11/h1-2H2,(H,9,10,11)(H5,5,6,7,8). The van der Waals surface area contributed by atoms with Gasteiger partial charge in [-0.15, -0.1) is 0 Å². The fourth-order valence-electron chi connectivity index (χ4n) is 0.403. The van der Waals surface area contributed by atoms with Crippen molar-refractivity contribution in [3.05, 3.63) is 0 Å². The lowest BCUT2D eigenvalue weighted by atomic mass is 11.0. The van der Waals surface area contributed by atoms with Crippen LogP contribution in [0.4, 0.5) is 0 Å². The lowest BCUT2D eigenvalue weighted by molar-refractivity contribution is 0.485. The van der Waals surface area contributed by atoms with Crippen molar-refractivity contribution in [2.24, 2.45) is 16.5 Å². The number of amidine groups is 1. The van der Waals surface area contributed by atoms with Gasteiger partial charge in [0, 0.05) is 5.75 Å². The van der Waals surface area contributed by atoms with Crippen molar-refractivity contribution in [1.82, 2.24) is 0 Å². The normalized spacial score (nSPS) is 12.8. The summed E-state index contributed by atoms with van der Waals surface area (Å²) in [5, 5.41) is 6.71. The number of hydrogen-bond acceptors (Lipinski definition) is 4. The Kier molecular flexibility index (Phi) is 4.73. The third-order valence-corrected chi connectivity index (χ3v) is 2.60. The van der Waals surface area contributed by atoms with Crippen LogP contribution in [0.15, 0.2) is 4.99 Å². The molecule has 0 aliphatic carbocycles. The Balaban J connectivity index is 3.85. The molecular weight excluding hydrogens is 216 g/mol. The molecule has 0 rings (SSSR count). The van der Waals surface area contributed by atoms with Gasteiger partial charge in [-0.1, -0.05) is 11.8 Å². The number of thioether (sulfide) groups is 1. The molecule has 9 heteroatoms. The fourth-order valence-corrected chi connectivity index (χ4v) is 1.95. The highest BCUT2D eigenvalue weighted by Crippen LogP contribution is 2.00. The summed E-state index contributed by atoms with van der Waals surface area (Å²) < 4.78 is 28.8. The van der Waals surface area contributed by atoms with Crippen molar-refractivity contribution >= 4 is 33.0 Å². The Labute approximate surface area is 79.8 Å². The number of nitrogens with zero attached hydrogens (tertiary/aromatic N) is 1. The molecule has 0 bridgehead atoms. The van der Waals surface area contributed by atoms with Crippen LogP contribution in [0.2, 0.25) is 0 Å². The molecule has 13 heavy (non-hydrogen) atoms. The van der Waals surface area contributed by atoms with Crippen molar-refractivity contribution in [3.63, 3.8) is 0 Å². The first kappa shape index (κ1) is 12.2. The predicted molar refractivity (Wildman–Crippen MR) is 52.4 cm³/mol. The van der Waals surface area contributed by atoms with Crippen molar-refractivity contribution in [2.75, 3.05) is 11.5 Å². The van der Waals surface area contributed by atoms with Crippen molar-refractivity contribution in [3.8, 4) is 0 Å². The first-order chi connectivity index (χ1) is 5.81. The number of nitrogens with one attached hydrogen (secondary N) is 1. The number of rotatable bonds is 3. The van der Waals surface area contributed by atoms with Crippen LogP contribution in [-0.4, -0.2) is 35.6 Å². The summed E-state index contributed by atoms with van der Waals surface area (Å²) in [5.74, 6) is -0.787. The maximum atomic E-state index is 10.2. The summed E-state index contributed by atoms with van der Waals surface area (Å²) in [7, 11) is -3.96. The number of nitrogens with two attached hydrogens (primary N) is 2. The lowest BCUT2D eigenvalue weighted by Gasteiger charge is -1.97.